The lowest BCUT2D eigenvalue weighted by Gasteiger charge is -2.13. The van der Waals surface area contributed by atoms with Gasteiger partial charge in [-0.1, -0.05) is 6.07 Å². The van der Waals surface area contributed by atoms with Crippen LogP contribution >= 0.6 is 0 Å². The second-order valence-corrected chi connectivity index (χ2v) is 3.65. The number of fused-ring (bicyclic) bond motifs is 1. The highest BCUT2D eigenvalue weighted by molar-refractivity contribution is 5.79. The third-order valence-corrected chi connectivity index (χ3v) is 2.61. The standard InChI is InChI=1S/C12H10FN3/c13-10-2-1-3-11(6-10)16-5-4-9-7-14-8-15-12(9)16/h1-6,8H,7H2,(H,14,15). The molecule has 0 atom stereocenters. The Morgan fingerprint density at radius 1 is 1.31 bits per heavy atom. The van der Waals surface area contributed by atoms with Crippen LogP contribution in [0.25, 0.3) is 5.69 Å². The van der Waals surface area contributed by atoms with Crippen molar-refractivity contribution in [1.29, 1.82) is 0 Å². The number of hydrogen-bond acceptors (Lipinski definition) is 2. The SMILES string of the molecule is Fc1cccc(-n2ccc3c2NC=NC3)c1. The summed E-state index contributed by atoms with van der Waals surface area (Å²) >= 11 is 0. The zero-order valence-electron chi connectivity index (χ0n) is 8.52. The van der Waals surface area contributed by atoms with Crippen molar-refractivity contribution in [3.63, 3.8) is 0 Å². The Bertz CT molecular complexity index is 557. The van der Waals surface area contributed by atoms with Crippen LogP contribution < -0.4 is 5.32 Å². The second-order valence-electron chi connectivity index (χ2n) is 3.65. The number of rotatable bonds is 1. The summed E-state index contributed by atoms with van der Waals surface area (Å²) in [7, 11) is 0. The third kappa shape index (κ3) is 1.39. The van der Waals surface area contributed by atoms with Crippen LogP contribution in [0.5, 0.6) is 0 Å². The summed E-state index contributed by atoms with van der Waals surface area (Å²) < 4.78 is 15.1. The number of anilines is 1. The molecule has 2 aromatic rings. The van der Waals surface area contributed by atoms with Crippen molar-refractivity contribution >= 4 is 12.2 Å². The number of nitrogens with zero attached hydrogens (tertiary/aromatic N) is 2. The summed E-state index contributed by atoms with van der Waals surface area (Å²) in [4.78, 5) is 4.12. The predicted molar refractivity (Wildman–Crippen MR) is 61.5 cm³/mol. The zero-order valence-corrected chi connectivity index (χ0v) is 8.52. The maximum Gasteiger partial charge on any atom is 0.125 e. The summed E-state index contributed by atoms with van der Waals surface area (Å²) in [6, 6.07) is 8.51. The van der Waals surface area contributed by atoms with Gasteiger partial charge in [-0.15, -0.1) is 0 Å². The van der Waals surface area contributed by atoms with Gasteiger partial charge in [0.1, 0.15) is 11.6 Å². The van der Waals surface area contributed by atoms with E-state index >= 15 is 0 Å². The van der Waals surface area contributed by atoms with Crippen LogP contribution in [0.15, 0.2) is 41.5 Å². The van der Waals surface area contributed by atoms with E-state index in [1.54, 1.807) is 12.4 Å². The summed E-state index contributed by atoms with van der Waals surface area (Å²) in [6.45, 7) is 0.671. The number of aromatic nitrogens is 1. The Hall–Kier alpha value is -2.10. The van der Waals surface area contributed by atoms with E-state index in [0.717, 1.165) is 17.1 Å². The molecule has 16 heavy (non-hydrogen) atoms. The molecule has 0 unspecified atom stereocenters. The molecular formula is C12H10FN3. The molecule has 0 saturated heterocycles. The van der Waals surface area contributed by atoms with E-state index in [2.05, 4.69) is 10.3 Å². The molecule has 0 fully saturated rings. The van der Waals surface area contributed by atoms with Crippen LogP contribution in [-0.4, -0.2) is 10.9 Å². The van der Waals surface area contributed by atoms with Crippen molar-refractivity contribution in [2.45, 2.75) is 6.54 Å². The first-order valence-electron chi connectivity index (χ1n) is 5.05. The molecule has 4 heteroatoms. The number of halogens is 1. The molecular weight excluding hydrogens is 205 g/mol. The average molecular weight is 215 g/mol. The van der Waals surface area contributed by atoms with Gasteiger partial charge in [-0.3, -0.25) is 4.99 Å². The minimum Gasteiger partial charge on any atom is -0.332 e. The lowest BCUT2D eigenvalue weighted by molar-refractivity contribution is 0.626. The highest BCUT2D eigenvalue weighted by Crippen LogP contribution is 2.24. The molecule has 2 heterocycles. The van der Waals surface area contributed by atoms with E-state index in [-0.39, 0.29) is 5.82 Å². The number of nitrogens with one attached hydrogen (secondary N) is 1. The Labute approximate surface area is 92.2 Å². The topological polar surface area (TPSA) is 29.3 Å². The van der Waals surface area contributed by atoms with Gasteiger partial charge in [0.2, 0.25) is 0 Å². The van der Waals surface area contributed by atoms with Gasteiger partial charge in [-0.05, 0) is 24.3 Å². The van der Waals surface area contributed by atoms with Crippen molar-refractivity contribution in [2.75, 3.05) is 5.32 Å². The quantitative estimate of drug-likeness (QED) is 0.778. The fourth-order valence-corrected chi connectivity index (χ4v) is 1.85. The molecule has 1 aromatic carbocycles. The summed E-state index contributed by atoms with van der Waals surface area (Å²) in [5.41, 5.74) is 1.93. The molecule has 0 bridgehead atoms. The van der Waals surface area contributed by atoms with Gasteiger partial charge in [0.25, 0.3) is 0 Å². The Morgan fingerprint density at radius 2 is 2.25 bits per heavy atom. The lowest BCUT2D eigenvalue weighted by Crippen LogP contribution is -2.08. The largest absolute Gasteiger partial charge is 0.332 e. The average Bonchev–Trinajstić information content (AvgIpc) is 2.72. The summed E-state index contributed by atoms with van der Waals surface area (Å²) in [5, 5.41) is 3.08. The predicted octanol–water partition coefficient (Wildman–Crippen LogP) is 2.57. The van der Waals surface area contributed by atoms with E-state index in [1.807, 2.05) is 22.9 Å². The molecule has 0 spiro atoms. The van der Waals surface area contributed by atoms with E-state index in [0.29, 0.717) is 6.54 Å². The smallest absolute Gasteiger partial charge is 0.125 e. The van der Waals surface area contributed by atoms with Crippen LogP contribution in [-0.2, 0) is 6.54 Å². The molecule has 1 aromatic heterocycles. The number of aliphatic imine (C=N–C) groups is 1. The monoisotopic (exact) mass is 215 g/mol. The molecule has 1 aliphatic rings. The van der Waals surface area contributed by atoms with Gasteiger partial charge in [0.05, 0.1) is 12.9 Å². The molecule has 80 valence electrons. The molecule has 3 rings (SSSR count). The molecule has 0 amide bonds. The van der Waals surface area contributed by atoms with Gasteiger partial charge in [-0.25, -0.2) is 4.39 Å². The fraction of sp³-hybridized carbons (Fsp3) is 0.0833. The molecule has 1 N–H and O–H groups in total. The maximum absolute atomic E-state index is 13.1. The van der Waals surface area contributed by atoms with Crippen LogP contribution in [0.1, 0.15) is 5.56 Å². The minimum absolute atomic E-state index is 0.232. The lowest BCUT2D eigenvalue weighted by atomic mass is 10.3. The van der Waals surface area contributed by atoms with E-state index < -0.39 is 0 Å². The molecule has 1 aliphatic heterocycles. The Balaban J connectivity index is 2.11. The first kappa shape index (κ1) is 9.15. The number of hydrogen-bond donors (Lipinski definition) is 1. The van der Waals surface area contributed by atoms with Crippen LogP contribution in [0.3, 0.4) is 0 Å². The molecule has 0 saturated carbocycles. The molecule has 3 nitrogen and oxygen atoms in total. The van der Waals surface area contributed by atoms with E-state index in [1.165, 1.54) is 12.1 Å². The third-order valence-electron chi connectivity index (χ3n) is 2.61. The minimum atomic E-state index is -0.232. The van der Waals surface area contributed by atoms with Crippen LogP contribution in [0, 0.1) is 5.82 Å². The highest BCUT2D eigenvalue weighted by Gasteiger charge is 2.11. The van der Waals surface area contributed by atoms with Crippen LogP contribution in [0.2, 0.25) is 0 Å². The summed E-state index contributed by atoms with van der Waals surface area (Å²) in [6.07, 6.45) is 3.58. The van der Waals surface area contributed by atoms with Crippen molar-refractivity contribution in [3.05, 3.63) is 47.9 Å². The van der Waals surface area contributed by atoms with Crippen molar-refractivity contribution in [2.24, 2.45) is 4.99 Å². The molecule has 0 aliphatic carbocycles. The second kappa shape index (κ2) is 3.48. The zero-order chi connectivity index (χ0) is 11.0. The van der Waals surface area contributed by atoms with Gasteiger partial charge in [0, 0.05) is 17.4 Å². The first-order valence-corrected chi connectivity index (χ1v) is 5.05. The summed E-state index contributed by atoms with van der Waals surface area (Å²) in [5.74, 6) is 0.727. The van der Waals surface area contributed by atoms with Crippen LogP contribution in [0.4, 0.5) is 10.2 Å². The highest BCUT2D eigenvalue weighted by atomic mass is 19.1. The Kier molecular flexibility index (Phi) is 1.99. The normalized spacial score (nSPS) is 13.3. The van der Waals surface area contributed by atoms with E-state index in [9.17, 15) is 4.39 Å². The number of benzene rings is 1. The van der Waals surface area contributed by atoms with Crippen molar-refractivity contribution in [1.82, 2.24) is 4.57 Å². The van der Waals surface area contributed by atoms with Gasteiger partial charge < -0.3 is 9.88 Å². The maximum atomic E-state index is 13.1. The van der Waals surface area contributed by atoms with Gasteiger partial charge in [-0.2, -0.15) is 0 Å². The fourth-order valence-electron chi connectivity index (χ4n) is 1.85. The van der Waals surface area contributed by atoms with Gasteiger partial charge >= 0.3 is 0 Å². The van der Waals surface area contributed by atoms with Crippen molar-refractivity contribution < 1.29 is 4.39 Å². The van der Waals surface area contributed by atoms with Gasteiger partial charge in [0.15, 0.2) is 0 Å². The Morgan fingerprint density at radius 3 is 3.12 bits per heavy atom. The first-order chi connectivity index (χ1) is 7.84. The molecule has 0 radical (unpaired) electrons. The van der Waals surface area contributed by atoms with Crippen molar-refractivity contribution in [3.8, 4) is 5.69 Å². The van der Waals surface area contributed by atoms with E-state index in [4.69, 9.17) is 0 Å².